The number of hydrogen-bond acceptors (Lipinski definition) is 7. The van der Waals surface area contributed by atoms with Gasteiger partial charge in [0.15, 0.2) is 0 Å². The number of rotatable bonds is 17. The second-order valence-electron chi connectivity index (χ2n) is 9.53. The van der Waals surface area contributed by atoms with Gasteiger partial charge in [0.25, 0.3) is 0 Å². The Kier molecular flexibility index (Phi) is 12.6. The first-order valence-electron chi connectivity index (χ1n) is 13.0. The van der Waals surface area contributed by atoms with E-state index in [1.807, 2.05) is 0 Å². The molecule has 1 amide bonds. The molecule has 0 spiro atoms. The zero-order valence-electron chi connectivity index (χ0n) is 21.6. The van der Waals surface area contributed by atoms with Crippen molar-refractivity contribution < 1.29 is 28.1 Å². The number of likely N-dealkylation sites (tertiary alicyclic amines) is 1. The maximum absolute atomic E-state index is 14.6. The number of benzene rings is 1. The molecule has 2 aliphatic rings. The van der Waals surface area contributed by atoms with E-state index in [0.717, 1.165) is 62.3 Å². The number of fused-ring (bicyclic) bond motifs is 1. The minimum absolute atomic E-state index is 0.0925. The smallest absolute Gasteiger partial charge is 0.243 e. The Hall–Kier alpha value is -2.04. The monoisotopic (exact) mass is 507 g/mol. The summed E-state index contributed by atoms with van der Waals surface area (Å²) in [6.45, 7) is 11.4. The van der Waals surface area contributed by atoms with Crippen LogP contribution in [0.2, 0.25) is 0 Å². The van der Waals surface area contributed by atoms with Gasteiger partial charge in [-0.25, -0.2) is 4.39 Å². The highest BCUT2D eigenvalue weighted by atomic mass is 19.1. The quantitative estimate of drug-likeness (QED) is 0.246. The SMILES string of the molecule is C=CC(=O)NCCOCCOCCOCCNC[C@H]1C[C@H](Cc2c(F)ccc3c2CCO3)CN(C)C1. The number of ether oxygens (including phenoxy) is 4. The second kappa shape index (κ2) is 15.9. The molecular weight excluding hydrogens is 465 g/mol. The third-order valence-electron chi connectivity index (χ3n) is 6.57. The van der Waals surface area contributed by atoms with Gasteiger partial charge in [-0.1, -0.05) is 6.58 Å². The fourth-order valence-corrected chi connectivity index (χ4v) is 5.01. The molecule has 0 aromatic heterocycles. The predicted molar refractivity (Wildman–Crippen MR) is 137 cm³/mol. The van der Waals surface area contributed by atoms with Gasteiger partial charge >= 0.3 is 0 Å². The molecule has 36 heavy (non-hydrogen) atoms. The first-order chi connectivity index (χ1) is 17.6. The Bertz CT molecular complexity index is 825. The van der Waals surface area contributed by atoms with Crippen molar-refractivity contribution in [3.63, 3.8) is 0 Å². The van der Waals surface area contributed by atoms with Gasteiger partial charge in [-0.15, -0.1) is 0 Å². The van der Waals surface area contributed by atoms with Crippen LogP contribution in [0.4, 0.5) is 4.39 Å². The molecule has 0 saturated carbocycles. The summed E-state index contributed by atoms with van der Waals surface area (Å²) in [6, 6.07) is 3.32. The lowest BCUT2D eigenvalue weighted by atomic mass is 9.84. The molecule has 0 unspecified atom stereocenters. The number of nitrogens with zero attached hydrogens (tertiary/aromatic N) is 1. The van der Waals surface area contributed by atoms with E-state index in [4.69, 9.17) is 18.9 Å². The van der Waals surface area contributed by atoms with Crippen LogP contribution >= 0.6 is 0 Å². The molecule has 1 saturated heterocycles. The van der Waals surface area contributed by atoms with Gasteiger partial charge in [0.2, 0.25) is 5.91 Å². The zero-order chi connectivity index (χ0) is 25.6. The van der Waals surface area contributed by atoms with Crippen molar-refractivity contribution in [3.05, 3.63) is 41.7 Å². The second-order valence-corrected chi connectivity index (χ2v) is 9.53. The zero-order valence-corrected chi connectivity index (χ0v) is 21.6. The minimum Gasteiger partial charge on any atom is -0.493 e. The van der Waals surface area contributed by atoms with Crippen molar-refractivity contribution in [1.82, 2.24) is 15.5 Å². The lowest BCUT2D eigenvalue weighted by Crippen LogP contribution is -2.42. The van der Waals surface area contributed by atoms with Crippen LogP contribution in [-0.4, -0.2) is 96.8 Å². The fourth-order valence-electron chi connectivity index (χ4n) is 5.01. The molecule has 2 N–H and O–H groups in total. The molecule has 3 rings (SSSR count). The Morgan fingerprint density at radius 2 is 1.81 bits per heavy atom. The first-order valence-corrected chi connectivity index (χ1v) is 13.0. The van der Waals surface area contributed by atoms with E-state index in [9.17, 15) is 9.18 Å². The van der Waals surface area contributed by atoms with Crippen molar-refractivity contribution in [2.75, 3.05) is 86.0 Å². The van der Waals surface area contributed by atoms with Gasteiger partial charge in [-0.3, -0.25) is 4.79 Å². The van der Waals surface area contributed by atoms with E-state index in [2.05, 4.69) is 29.2 Å². The normalized spacial score (nSPS) is 19.6. The van der Waals surface area contributed by atoms with Crippen LogP contribution in [0.1, 0.15) is 17.5 Å². The molecular formula is C27H42FN3O5. The largest absolute Gasteiger partial charge is 0.493 e. The van der Waals surface area contributed by atoms with E-state index >= 15 is 0 Å². The van der Waals surface area contributed by atoms with Crippen molar-refractivity contribution in [2.24, 2.45) is 11.8 Å². The van der Waals surface area contributed by atoms with Gasteiger partial charge in [-0.2, -0.15) is 0 Å². The topological polar surface area (TPSA) is 81.3 Å². The van der Waals surface area contributed by atoms with Gasteiger partial charge in [0, 0.05) is 38.2 Å². The molecule has 1 aromatic carbocycles. The van der Waals surface area contributed by atoms with Crippen molar-refractivity contribution in [3.8, 4) is 5.75 Å². The van der Waals surface area contributed by atoms with E-state index in [-0.39, 0.29) is 11.7 Å². The first kappa shape index (κ1) is 28.5. The number of hydrogen-bond donors (Lipinski definition) is 2. The fraction of sp³-hybridized carbons (Fsp3) is 0.667. The Labute approximate surface area is 214 Å². The molecule has 1 fully saturated rings. The summed E-state index contributed by atoms with van der Waals surface area (Å²) in [5, 5.41) is 6.16. The van der Waals surface area contributed by atoms with Gasteiger partial charge < -0.3 is 34.5 Å². The summed E-state index contributed by atoms with van der Waals surface area (Å²) < 4.78 is 36.7. The molecule has 0 bridgehead atoms. The Balaban J connectivity index is 1.20. The van der Waals surface area contributed by atoms with Gasteiger partial charge in [0.1, 0.15) is 11.6 Å². The number of nitrogens with one attached hydrogen (secondary N) is 2. The summed E-state index contributed by atoms with van der Waals surface area (Å²) in [6.07, 6.45) is 3.92. The molecule has 202 valence electrons. The minimum atomic E-state index is -0.199. The average Bonchev–Trinajstić information content (AvgIpc) is 3.34. The molecule has 2 aliphatic heterocycles. The van der Waals surface area contributed by atoms with Crippen molar-refractivity contribution in [2.45, 2.75) is 19.3 Å². The van der Waals surface area contributed by atoms with Crippen LogP contribution in [0.25, 0.3) is 0 Å². The maximum atomic E-state index is 14.6. The number of amides is 1. The van der Waals surface area contributed by atoms with E-state index in [0.29, 0.717) is 64.6 Å². The molecule has 2 atom stereocenters. The third-order valence-corrected chi connectivity index (χ3v) is 6.57. The Morgan fingerprint density at radius 1 is 1.11 bits per heavy atom. The number of carbonyl (C=O) groups is 1. The van der Waals surface area contributed by atoms with Crippen LogP contribution in [0.5, 0.6) is 5.75 Å². The van der Waals surface area contributed by atoms with Gasteiger partial charge in [-0.05, 0) is 62.0 Å². The molecule has 0 aliphatic carbocycles. The van der Waals surface area contributed by atoms with Crippen molar-refractivity contribution in [1.29, 1.82) is 0 Å². The average molecular weight is 508 g/mol. The number of carbonyl (C=O) groups excluding carboxylic acids is 1. The van der Waals surface area contributed by atoms with Gasteiger partial charge in [0.05, 0.1) is 46.2 Å². The predicted octanol–water partition coefficient (Wildman–Crippen LogP) is 1.81. The molecule has 9 heteroatoms. The maximum Gasteiger partial charge on any atom is 0.243 e. The summed E-state index contributed by atoms with van der Waals surface area (Å²) in [7, 11) is 2.16. The van der Waals surface area contributed by atoms with E-state index in [1.165, 1.54) is 6.08 Å². The highest BCUT2D eigenvalue weighted by Crippen LogP contribution is 2.33. The molecule has 1 aromatic rings. The number of piperidine rings is 1. The van der Waals surface area contributed by atoms with Crippen LogP contribution in [0, 0.1) is 17.7 Å². The third kappa shape index (κ3) is 9.78. The van der Waals surface area contributed by atoms with Crippen LogP contribution in [-0.2, 0) is 31.8 Å². The molecule has 8 nitrogen and oxygen atoms in total. The van der Waals surface area contributed by atoms with Crippen LogP contribution in [0.15, 0.2) is 24.8 Å². The highest BCUT2D eigenvalue weighted by molar-refractivity contribution is 5.86. The van der Waals surface area contributed by atoms with Crippen LogP contribution in [0.3, 0.4) is 0 Å². The summed E-state index contributed by atoms with van der Waals surface area (Å²) in [5.41, 5.74) is 1.93. The molecule has 2 heterocycles. The number of halogens is 1. The molecule has 0 radical (unpaired) electrons. The lowest BCUT2D eigenvalue weighted by Gasteiger charge is -2.36. The van der Waals surface area contributed by atoms with E-state index < -0.39 is 0 Å². The summed E-state index contributed by atoms with van der Waals surface area (Å²) in [5.74, 6) is 1.55. The lowest BCUT2D eigenvalue weighted by molar-refractivity contribution is -0.116. The van der Waals surface area contributed by atoms with E-state index in [1.54, 1.807) is 12.1 Å². The van der Waals surface area contributed by atoms with Crippen molar-refractivity contribution >= 4 is 5.91 Å². The van der Waals surface area contributed by atoms with Crippen LogP contribution < -0.4 is 15.4 Å². The summed E-state index contributed by atoms with van der Waals surface area (Å²) in [4.78, 5) is 13.3. The summed E-state index contributed by atoms with van der Waals surface area (Å²) >= 11 is 0. The standard InChI is InChI=1S/C27H42FN3O5/c1-3-27(32)30-8-11-34-13-15-35-14-12-33-10-7-29-18-22-16-21(19-31(2)20-22)17-24-23-6-9-36-26(23)5-4-25(24)28/h3-5,21-22,29H,1,6-20H2,2H3,(H,30,32)/t21-,22-/m1/s1. The Morgan fingerprint density at radius 3 is 2.56 bits per heavy atom. The highest BCUT2D eigenvalue weighted by Gasteiger charge is 2.28.